The molecule has 1 unspecified atom stereocenters. The third-order valence-electron chi connectivity index (χ3n) is 5.27. The highest BCUT2D eigenvalue weighted by molar-refractivity contribution is 6.30. The van der Waals surface area contributed by atoms with Gasteiger partial charge in [-0.3, -0.25) is 14.4 Å². The molecule has 152 valence electrons. The number of fused-ring (bicyclic) bond motifs is 1. The van der Waals surface area contributed by atoms with Crippen LogP contribution in [-0.4, -0.2) is 63.3 Å². The quantitative estimate of drug-likeness (QED) is 0.689. The lowest BCUT2D eigenvalue weighted by Gasteiger charge is -2.35. The number of benzene rings is 1. The Labute approximate surface area is 174 Å². The minimum Gasteiger partial charge on any atom is -0.353 e. The first-order valence-corrected chi connectivity index (χ1v) is 10.0. The molecule has 4 rings (SSSR count). The molecule has 0 aliphatic carbocycles. The zero-order valence-corrected chi connectivity index (χ0v) is 17.3. The average molecular weight is 414 g/mol. The van der Waals surface area contributed by atoms with Crippen LogP contribution in [0.4, 0.5) is 5.82 Å². The third kappa shape index (κ3) is 4.33. The first-order chi connectivity index (χ1) is 14.0. The molecule has 1 aliphatic heterocycles. The summed E-state index contributed by atoms with van der Waals surface area (Å²) >= 11 is 6.04. The minimum absolute atomic E-state index is 0.0163. The number of rotatable bonds is 5. The van der Waals surface area contributed by atoms with Crippen LogP contribution in [0.5, 0.6) is 0 Å². The first kappa shape index (κ1) is 19.6. The average Bonchev–Trinajstić information content (AvgIpc) is 3.10. The van der Waals surface area contributed by atoms with Gasteiger partial charge in [-0.15, -0.1) is 0 Å². The van der Waals surface area contributed by atoms with Crippen LogP contribution in [0.1, 0.15) is 18.5 Å². The fourth-order valence-corrected chi connectivity index (χ4v) is 3.87. The molecule has 0 radical (unpaired) electrons. The van der Waals surface area contributed by atoms with Crippen LogP contribution < -0.4 is 10.2 Å². The number of aromatic nitrogens is 4. The molecule has 0 saturated carbocycles. The number of carbonyl (C=O) groups is 1. The predicted octanol–water partition coefficient (Wildman–Crippen LogP) is 2.02. The summed E-state index contributed by atoms with van der Waals surface area (Å²) in [6.45, 7) is 5.55. The van der Waals surface area contributed by atoms with Crippen molar-refractivity contribution in [3.05, 3.63) is 47.4 Å². The fraction of sp³-hybridized carbons (Fsp3) is 0.400. The van der Waals surface area contributed by atoms with Gasteiger partial charge in [0.2, 0.25) is 5.91 Å². The van der Waals surface area contributed by atoms with E-state index in [0.29, 0.717) is 11.6 Å². The van der Waals surface area contributed by atoms with E-state index in [9.17, 15) is 4.79 Å². The second kappa shape index (κ2) is 8.34. The Morgan fingerprint density at radius 2 is 2.03 bits per heavy atom. The van der Waals surface area contributed by atoms with Gasteiger partial charge in [-0.25, -0.2) is 9.97 Å². The van der Waals surface area contributed by atoms with Crippen LogP contribution in [0.2, 0.25) is 5.02 Å². The Hall–Kier alpha value is -2.71. The molecule has 3 heterocycles. The molecule has 29 heavy (non-hydrogen) atoms. The lowest BCUT2D eigenvalue weighted by atomic mass is 10.1. The smallest absolute Gasteiger partial charge is 0.234 e. The van der Waals surface area contributed by atoms with Gasteiger partial charge in [0.15, 0.2) is 5.65 Å². The Kier molecular flexibility index (Phi) is 5.64. The summed E-state index contributed by atoms with van der Waals surface area (Å²) < 4.78 is 1.75. The van der Waals surface area contributed by atoms with Crippen LogP contribution in [0.3, 0.4) is 0 Å². The SMILES string of the molecule is CC(NC(=O)CN1CCN(c2ncnc3c2cnn3C)CC1)c1cccc(Cl)c1. The Bertz CT molecular complexity index is 1010. The van der Waals surface area contributed by atoms with E-state index in [4.69, 9.17) is 11.6 Å². The Morgan fingerprint density at radius 3 is 2.79 bits per heavy atom. The standard InChI is InChI=1S/C20H24ClN7O/c1-14(15-4-3-5-16(21)10-15)25-18(29)12-27-6-8-28(9-7-27)20-17-11-24-26(2)19(17)22-13-23-20/h3-5,10-11,13-14H,6-9,12H2,1-2H3,(H,25,29). The van der Waals surface area contributed by atoms with E-state index in [1.54, 1.807) is 11.0 Å². The number of nitrogens with zero attached hydrogens (tertiary/aromatic N) is 6. The zero-order chi connectivity index (χ0) is 20.4. The van der Waals surface area contributed by atoms with Gasteiger partial charge in [0.25, 0.3) is 0 Å². The summed E-state index contributed by atoms with van der Waals surface area (Å²) in [6.07, 6.45) is 3.39. The van der Waals surface area contributed by atoms with Crippen LogP contribution in [0.15, 0.2) is 36.8 Å². The molecule has 0 spiro atoms. The molecule has 8 nitrogen and oxygen atoms in total. The van der Waals surface area contributed by atoms with Crippen LogP contribution in [-0.2, 0) is 11.8 Å². The number of carbonyl (C=O) groups excluding carboxylic acids is 1. The molecule has 1 atom stereocenters. The molecule has 0 bridgehead atoms. The number of piperazine rings is 1. The van der Waals surface area contributed by atoms with Gasteiger partial charge in [-0.05, 0) is 24.6 Å². The molecular weight excluding hydrogens is 390 g/mol. The van der Waals surface area contributed by atoms with E-state index < -0.39 is 0 Å². The van der Waals surface area contributed by atoms with Gasteiger partial charge in [-0.1, -0.05) is 23.7 Å². The fourth-order valence-electron chi connectivity index (χ4n) is 3.67. The topological polar surface area (TPSA) is 79.2 Å². The molecule has 2 aromatic heterocycles. The van der Waals surface area contributed by atoms with Crippen molar-refractivity contribution in [1.82, 2.24) is 30.0 Å². The van der Waals surface area contributed by atoms with Gasteiger partial charge in [0.1, 0.15) is 12.1 Å². The van der Waals surface area contributed by atoms with Crippen LogP contribution >= 0.6 is 11.6 Å². The Balaban J connectivity index is 1.32. The maximum Gasteiger partial charge on any atom is 0.234 e. The van der Waals surface area contributed by atoms with Crippen LogP contribution in [0.25, 0.3) is 11.0 Å². The maximum atomic E-state index is 12.5. The highest BCUT2D eigenvalue weighted by Gasteiger charge is 2.22. The van der Waals surface area contributed by atoms with Crippen molar-refractivity contribution >= 4 is 34.4 Å². The number of hydrogen-bond acceptors (Lipinski definition) is 6. The number of aryl methyl sites for hydroxylation is 1. The number of nitrogens with one attached hydrogen (secondary N) is 1. The van der Waals surface area contributed by atoms with Gasteiger partial charge in [-0.2, -0.15) is 5.10 Å². The molecule has 1 N–H and O–H groups in total. The summed E-state index contributed by atoms with van der Waals surface area (Å²) in [4.78, 5) is 25.6. The van der Waals surface area contributed by atoms with E-state index in [2.05, 4.69) is 30.2 Å². The summed E-state index contributed by atoms with van der Waals surface area (Å²) in [5.41, 5.74) is 1.83. The number of halogens is 1. The normalized spacial score (nSPS) is 16.2. The summed E-state index contributed by atoms with van der Waals surface area (Å²) in [5.74, 6) is 0.921. The highest BCUT2D eigenvalue weighted by Crippen LogP contribution is 2.23. The molecule has 1 aliphatic rings. The second-order valence-electron chi connectivity index (χ2n) is 7.31. The van der Waals surface area contributed by atoms with Gasteiger partial charge < -0.3 is 10.2 Å². The van der Waals surface area contributed by atoms with Crippen molar-refractivity contribution in [2.45, 2.75) is 13.0 Å². The van der Waals surface area contributed by atoms with E-state index >= 15 is 0 Å². The van der Waals surface area contributed by atoms with Gasteiger partial charge in [0, 0.05) is 38.2 Å². The second-order valence-corrected chi connectivity index (χ2v) is 7.75. The summed E-state index contributed by atoms with van der Waals surface area (Å²) in [6, 6.07) is 7.49. The lowest BCUT2D eigenvalue weighted by molar-refractivity contribution is -0.123. The van der Waals surface area contributed by atoms with E-state index in [-0.39, 0.29) is 11.9 Å². The molecular formula is C20H24ClN7O. The maximum absolute atomic E-state index is 12.5. The van der Waals surface area contributed by atoms with Gasteiger partial charge in [0.05, 0.1) is 24.2 Å². The monoisotopic (exact) mass is 413 g/mol. The van der Waals surface area contributed by atoms with E-state index in [0.717, 1.165) is 48.6 Å². The highest BCUT2D eigenvalue weighted by atomic mass is 35.5. The number of amides is 1. The zero-order valence-electron chi connectivity index (χ0n) is 16.5. The summed E-state index contributed by atoms with van der Waals surface area (Å²) in [5, 5.41) is 8.96. The molecule has 1 fully saturated rings. The van der Waals surface area contributed by atoms with Crippen molar-refractivity contribution in [2.24, 2.45) is 7.05 Å². The van der Waals surface area contributed by atoms with Crippen molar-refractivity contribution in [3.8, 4) is 0 Å². The molecule has 9 heteroatoms. The molecule has 3 aromatic rings. The van der Waals surface area contributed by atoms with Crippen molar-refractivity contribution < 1.29 is 4.79 Å². The van der Waals surface area contributed by atoms with Crippen molar-refractivity contribution in [1.29, 1.82) is 0 Å². The third-order valence-corrected chi connectivity index (χ3v) is 5.51. The summed E-state index contributed by atoms with van der Waals surface area (Å²) in [7, 11) is 1.88. The molecule has 1 saturated heterocycles. The number of anilines is 1. The largest absolute Gasteiger partial charge is 0.353 e. The van der Waals surface area contributed by atoms with E-state index in [1.807, 2.05) is 44.4 Å². The van der Waals surface area contributed by atoms with Crippen molar-refractivity contribution in [2.75, 3.05) is 37.6 Å². The Morgan fingerprint density at radius 1 is 1.24 bits per heavy atom. The lowest BCUT2D eigenvalue weighted by Crippen LogP contribution is -2.50. The van der Waals surface area contributed by atoms with Crippen molar-refractivity contribution in [3.63, 3.8) is 0 Å². The van der Waals surface area contributed by atoms with E-state index in [1.165, 1.54) is 0 Å². The molecule has 1 amide bonds. The number of hydrogen-bond donors (Lipinski definition) is 1. The van der Waals surface area contributed by atoms with Gasteiger partial charge >= 0.3 is 0 Å². The first-order valence-electron chi connectivity index (χ1n) is 9.66. The predicted molar refractivity (Wildman–Crippen MR) is 113 cm³/mol. The van der Waals surface area contributed by atoms with Crippen LogP contribution in [0, 0.1) is 0 Å². The minimum atomic E-state index is -0.0811. The molecule has 1 aromatic carbocycles.